The van der Waals surface area contributed by atoms with Gasteiger partial charge in [-0.15, -0.1) is 0 Å². The molecule has 0 aromatic carbocycles. The Hall–Kier alpha value is -0.570. The highest BCUT2D eigenvalue weighted by Gasteiger charge is 2.28. The maximum Gasteiger partial charge on any atom is 0.225 e. The number of nitrogens with zero attached hydrogens (tertiary/aromatic N) is 1. The Kier molecular flexibility index (Phi) is 3.72. The van der Waals surface area contributed by atoms with Gasteiger partial charge in [-0.2, -0.15) is 0 Å². The fraction of sp³-hybridized carbons (Fsp3) is 0.900. The normalized spacial score (nSPS) is 22.8. The van der Waals surface area contributed by atoms with Gasteiger partial charge in [0, 0.05) is 25.0 Å². The van der Waals surface area contributed by atoms with Gasteiger partial charge in [0.2, 0.25) is 5.91 Å². The van der Waals surface area contributed by atoms with Crippen molar-refractivity contribution < 1.29 is 4.79 Å². The summed E-state index contributed by atoms with van der Waals surface area (Å²) in [6.45, 7) is 5.82. The molecule has 1 N–H and O–H groups in total. The van der Waals surface area contributed by atoms with E-state index < -0.39 is 0 Å². The molecule has 0 spiro atoms. The van der Waals surface area contributed by atoms with Crippen LogP contribution in [-0.2, 0) is 4.79 Å². The lowest BCUT2D eigenvalue weighted by Crippen LogP contribution is -2.42. The van der Waals surface area contributed by atoms with Crippen molar-refractivity contribution in [3.63, 3.8) is 0 Å². The van der Waals surface area contributed by atoms with Crippen molar-refractivity contribution in [3.8, 4) is 0 Å². The maximum absolute atomic E-state index is 11.7. The lowest BCUT2D eigenvalue weighted by atomic mass is 10.1. The van der Waals surface area contributed by atoms with Crippen LogP contribution in [0.1, 0.15) is 26.7 Å². The van der Waals surface area contributed by atoms with Crippen molar-refractivity contribution in [2.45, 2.75) is 32.7 Å². The van der Waals surface area contributed by atoms with Crippen LogP contribution in [0.15, 0.2) is 0 Å². The molecule has 1 amide bonds. The lowest BCUT2D eigenvalue weighted by molar-refractivity contribution is -0.135. The van der Waals surface area contributed by atoms with E-state index in [4.69, 9.17) is 0 Å². The summed E-state index contributed by atoms with van der Waals surface area (Å²) in [4.78, 5) is 13.8. The maximum atomic E-state index is 11.7. The molecule has 0 aromatic heterocycles. The largest absolute Gasteiger partial charge is 0.338 e. The van der Waals surface area contributed by atoms with E-state index in [0.717, 1.165) is 25.9 Å². The Bertz CT molecular complexity index is 180. The second kappa shape index (κ2) is 4.61. The first-order valence-electron chi connectivity index (χ1n) is 5.12. The van der Waals surface area contributed by atoms with E-state index >= 15 is 0 Å². The van der Waals surface area contributed by atoms with E-state index in [0.29, 0.717) is 11.9 Å². The minimum Gasteiger partial charge on any atom is -0.338 e. The molecule has 1 saturated heterocycles. The van der Waals surface area contributed by atoms with Crippen molar-refractivity contribution in [2.24, 2.45) is 5.92 Å². The molecular weight excluding hydrogens is 164 g/mol. The van der Waals surface area contributed by atoms with E-state index in [-0.39, 0.29) is 5.92 Å². The Morgan fingerprint density at radius 2 is 2.31 bits per heavy atom. The summed E-state index contributed by atoms with van der Waals surface area (Å²) < 4.78 is 0. The molecule has 0 bridgehead atoms. The molecule has 1 heterocycles. The zero-order valence-corrected chi connectivity index (χ0v) is 8.84. The molecule has 3 heteroatoms. The molecule has 1 aliphatic heterocycles. The summed E-state index contributed by atoms with van der Waals surface area (Å²) in [6.07, 6.45) is 2.31. The molecule has 0 aromatic rings. The zero-order chi connectivity index (χ0) is 9.84. The summed E-state index contributed by atoms with van der Waals surface area (Å²) in [5.41, 5.74) is 0. The van der Waals surface area contributed by atoms with Crippen molar-refractivity contribution in [1.82, 2.24) is 10.2 Å². The topological polar surface area (TPSA) is 32.3 Å². The molecule has 1 unspecified atom stereocenters. The average molecular weight is 184 g/mol. The van der Waals surface area contributed by atoms with Crippen LogP contribution >= 0.6 is 0 Å². The van der Waals surface area contributed by atoms with Gasteiger partial charge in [0.05, 0.1) is 0 Å². The van der Waals surface area contributed by atoms with E-state index in [1.54, 1.807) is 0 Å². The first-order chi connectivity index (χ1) is 6.16. The molecule has 0 saturated carbocycles. The molecule has 1 rings (SSSR count). The third-order valence-electron chi connectivity index (χ3n) is 2.59. The van der Waals surface area contributed by atoms with Crippen LogP contribution in [0.5, 0.6) is 0 Å². The van der Waals surface area contributed by atoms with E-state index in [2.05, 4.69) is 5.32 Å². The van der Waals surface area contributed by atoms with Gasteiger partial charge in [-0.3, -0.25) is 4.79 Å². The summed E-state index contributed by atoms with van der Waals surface area (Å²) >= 11 is 0. The number of likely N-dealkylation sites (tertiary alicyclic amines) is 1. The summed E-state index contributed by atoms with van der Waals surface area (Å²) in [7, 11) is 1.94. The first kappa shape index (κ1) is 10.5. The highest BCUT2D eigenvalue weighted by molar-refractivity contribution is 5.78. The fourth-order valence-corrected chi connectivity index (χ4v) is 1.91. The summed E-state index contributed by atoms with van der Waals surface area (Å²) in [5.74, 6) is 0.440. The molecule has 1 aliphatic rings. The Labute approximate surface area is 80.5 Å². The molecule has 76 valence electrons. The predicted molar refractivity (Wildman–Crippen MR) is 53.5 cm³/mol. The van der Waals surface area contributed by atoms with Crippen molar-refractivity contribution in [1.29, 1.82) is 0 Å². The number of carbonyl (C=O) groups is 1. The number of hydrogen-bond donors (Lipinski definition) is 1. The van der Waals surface area contributed by atoms with Crippen LogP contribution in [0.3, 0.4) is 0 Å². The smallest absolute Gasteiger partial charge is 0.225 e. The number of amides is 1. The van der Waals surface area contributed by atoms with Gasteiger partial charge in [0.1, 0.15) is 0 Å². The van der Waals surface area contributed by atoms with Crippen LogP contribution in [0, 0.1) is 5.92 Å². The van der Waals surface area contributed by atoms with Gasteiger partial charge in [0.25, 0.3) is 0 Å². The SMILES string of the molecule is CNCC1CCCN1C(=O)C(C)C. The van der Waals surface area contributed by atoms with Crippen molar-refractivity contribution >= 4 is 5.91 Å². The average Bonchev–Trinajstić information content (AvgIpc) is 2.52. The third-order valence-corrected chi connectivity index (χ3v) is 2.59. The predicted octanol–water partition coefficient (Wildman–Crippen LogP) is 0.853. The van der Waals surface area contributed by atoms with Crippen LogP contribution in [0.2, 0.25) is 0 Å². The minimum atomic E-state index is 0.137. The van der Waals surface area contributed by atoms with Gasteiger partial charge >= 0.3 is 0 Å². The van der Waals surface area contributed by atoms with Gasteiger partial charge in [-0.1, -0.05) is 13.8 Å². The highest BCUT2D eigenvalue weighted by atomic mass is 16.2. The number of hydrogen-bond acceptors (Lipinski definition) is 2. The van der Waals surface area contributed by atoms with Crippen molar-refractivity contribution in [2.75, 3.05) is 20.1 Å². The van der Waals surface area contributed by atoms with Crippen LogP contribution in [0.4, 0.5) is 0 Å². The minimum absolute atomic E-state index is 0.137. The third kappa shape index (κ3) is 2.44. The molecule has 13 heavy (non-hydrogen) atoms. The second-order valence-corrected chi connectivity index (χ2v) is 4.04. The van der Waals surface area contributed by atoms with Crippen LogP contribution in [0.25, 0.3) is 0 Å². The highest BCUT2D eigenvalue weighted by Crippen LogP contribution is 2.18. The Balaban J connectivity index is 2.52. The summed E-state index contributed by atoms with van der Waals surface area (Å²) in [6, 6.07) is 0.430. The van der Waals surface area contributed by atoms with Gasteiger partial charge < -0.3 is 10.2 Å². The van der Waals surface area contributed by atoms with Crippen molar-refractivity contribution in [3.05, 3.63) is 0 Å². The fourth-order valence-electron chi connectivity index (χ4n) is 1.91. The van der Waals surface area contributed by atoms with E-state index in [9.17, 15) is 4.79 Å². The molecule has 1 fully saturated rings. The molecule has 0 radical (unpaired) electrons. The number of likely N-dealkylation sites (N-methyl/N-ethyl adjacent to an activating group) is 1. The zero-order valence-electron chi connectivity index (χ0n) is 8.84. The number of carbonyl (C=O) groups excluding carboxylic acids is 1. The monoisotopic (exact) mass is 184 g/mol. The number of nitrogens with one attached hydrogen (secondary N) is 1. The molecule has 3 nitrogen and oxygen atoms in total. The van der Waals surface area contributed by atoms with Crippen LogP contribution in [-0.4, -0.2) is 37.0 Å². The van der Waals surface area contributed by atoms with Gasteiger partial charge in [-0.25, -0.2) is 0 Å². The number of rotatable bonds is 3. The second-order valence-electron chi connectivity index (χ2n) is 4.04. The standard InChI is InChI=1S/C10H20N2O/c1-8(2)10(13)12-6-4-5-9(12)7-11-3/h8-9,11H,4-7H2,1-3H3. The molecule has 1 atom stereocenters. The van der Waals surface area contributed by atoms with Gasteiger partial charge in [0.15, 0.2) is 0 Å². The first-order valence-corrected chi connectivity index (χ1v) is 5.12. The lowest BCUT2D eigenvalue weighted by Gasteiger charge is -2.26. The molecular formula is C10H20N2O. The van der Waals surface area contributed by atoms with E-state index in [1.807, 2.05) is 25.8 Å². The quantitative estimate of drug-likeness (QED) is 0.705. The molecule has 0 aliphatic carbocycles. The van der Waals surface area contributed by atoms with Crippen LogP contribution < -0.4 is 5.32 Å². The van der Waals surface area contributed by atoms with Gasteiger partial charge in [-0.05, 0) is 19.9 Å². The Morgan fingerprint density at radius 1 is 1.62 bits per heavy atom. The Morgan fingerprint density at radius 3 is 2.85 bits per heavy atom. The van der Waals surface area contributed by atoms with E-state index in [1.165, 1.54) is 0 Å². The summed E-state index contributed by atoms with van der Waals surface area (Å²) in [5, 5.41) is 3.14.